The molecule has 0 saturated carbocycles. The van der Waals surface area contributed by atoms with Crippen LogP contribution >= 0.6 is 12.4 Å². The molecular formula is C36H49ClOSiZr. The van der Waals surface area contributed by atoms with E-state index in [-0.39, 0.29) is 23.2 Å². The van der Waals surface area contributed by atoms with Gasteiger partial charge in [0.15, 0.2) is 0 Å². The van der Waals surface area contributed by atoms with Crippen molar-refractivity contribution in [2.75, 3.05) is 0 Å². The van der Waals surface area contributed by atoms with Gasteiger partial charge in [-0.25, -0.2) is 0 Å². The molecular weight excluding hydrogens is 603 g/mol. The first kappa shape index (κ1) is 32.8. The fourth-order valence-electron chi connectivity index (χ4n) is 7.25. The van der Waals surface area contributed by atoms with Crippen LogP contribution in [-0.4, -0.2) is 12.0 Å². The fraction of sp³-hybridized carbons (Fsp3) is 0.389. The quantitative estimate of drug-likeness (QED) is 0.273. The molecule has 0 spiro atoms. The number of hydrogen-bond donors (Lipinski definition) is 1. The van der Waals surface area contributed by atoms with E-state index in [9.17, 15) is 5.11 Å². The van der Waals surface area contributed by atoms with E-state index in [4.69, 9.17) is 0 Å². The molecule has 214 valence electrons. The first-order valence-electron chi connectivity index (χ1n) is 14.4. The van der Waals surface area contributed by atoms with Crippen LogP contribution in [-0.2, 0) is 28.2 Å². The van der Waals surface area contributed by atoms with E-state index in [0.717, 1.165) is 5.56 Å². The number of hydrogen-bond acceptors (Lipinski definition) is 1. The average Bonchev–Trinajstić information content (AvgIpc) is 3.34. The Balaban J connectivity index is 0.000000240. The summed E-state index contributed by atoms with van der Waals surface area (Å²) in [6.45, 7) is 20.0. The summed E-state index contributed by atoms with van der Waals surface area (Å²) in [5, 5.41) is 9.84. The van der Waals surface area contributed by atoms with Crippen LogP contribution in [0.1, 0.15) is 96.0 Å². The molecule has 3 aromatic carbocycles. The first-order valence-corrected chi connectivity index (χ1v) is 28.0. The minimum Gasteiger partial charge on any atom is -0.147 e. The zero-order chi connectivity index (χ0) is 29.0. The molecule has 1 nitrogen and oxygen atoms in total. The number of phenolic OH excluding ortho intramolecular Hbond substituents is 1. The molecule has 0 radical (unpaired) electrons. The molecule has 2 aliphatic rings. The summed E-state index contributed by atoms with van der Waals surface area (Å²) < 4.78 is 6.68. The van der Waals surface area contributed by atoms with Crippen LogP contribution in [0, 0.1) is 0 Å². The van der Waals surface area contributed by atoms with E-state index < -0.39 is 17.4 Å². The third-order valence-corrected chi connectivity index (χ3v) is 26.8. The van der Waals surface area contributed by atoms with Crippen LogP contribution in [0.4, 0.5) is 0 Å². The molecule has 4 heteroatoms. The smallest absolute Gasteiger partial charge is 0.147 e. The Kier molecular flexibility index (Phi) is 9.19. The zero-order valence-electron chi connectivity index (χ0n) is 26.2. The molecule has 40 heavy (non-hydrogen) atoms. The van der Waals surface area contributed by atoms with E-state index in [1.165, 1.54) is 16.7 Å². The molecule has 0 heterocycles. The van der Waals surface area contributed by atoms with Crippen LogP contribution in [0.25, 0.3) is 12.2 Å². The van der Waals surface area contributed by atoms with Gasteiger partial charge >= 0.3 is 149 Å². The molecule has 2 unspecified atom stereocenters. The van der Waals surface area contributed by atoms with Crippen LogP contribution in [0.5, 0.6) is 5.75 Å². The summed E-state index contributed by atoms with van der Waals surface area (Å²) >= 11 is -3.15. The third-order valence-electron chi connectivity index (χ3n) is 8.86. The predicted molar refractivity (Wildman–Crippen MR) is 179 cm³/mol. The maximum atomic E-state index is 9.84. The van der Waals surface area contributed by atoms with Gasteiger partial charge in [0.1, 0.15) is 5.75 Å². The summed E-state index contributed by atoms with van der Waals surface area (Å²) in [5.41, 5.74) is 11.6. The average molecular weight is 653 g/mol. The molecule has 0 aliphatic heterocycles. The number of phenols is 1. The van der Waals surface area contributed by atoms with Crippen LogP contribution in [0.2, 0.25) is 9.26 Å². The van der Waals surface area contributed by atoms with Crippen molar-refractivity contribution in [2.24, 2.45) is 0 Å². The van der Waals surface area contributed by atoms with Crippen molar-refractivity contribution in [2.45, 2.75) is 82.7 Å². The van der Waals surface area contributed by atoms with Crippen molar-refractivity contribution in [3.63, 3.8) is 0 Å². The Morgan fingerprint density at radius 1 is 0.675 bits per heavy atom. The van der Waals surface area contributed by atoms with Gasteiger partial charge in [-0.3, -0.25) is 0 Å². The minimum absolute atomic E-state index is 0. The summed E-state index contributed by atoms with van der Waals surface area (Å²) in [5.74, 6) is 0.399. The van der Waals surface area contributed by atoms with Gasteiger partial charge in [0.05, 0.1) is 0 Å². The molecule has 0 amide bonds. The molecule has 2 aliphatic carbocycles. The van der Waals surface area contributed by atoms with E-state index in [0.29, 0.717) is 13.0 Å². The molecule has 0 saturated heterocycles. The zero-order valence-corrected chi connectivity index (χ0v) is 30.9. The standard InChI is InChI=1S/C14H22O.2C10H9.2CH3.ClH.H2Si.Zr/c1-13(2,3)10-7-8-12(15)11(9-10)14(4,5)6;2*1-8-6-9-4-2-3-5-10(9)7-8;;;;;/h7-9,15H,1-6H3;2*2-7H,1H3;2*1H3;1H;1H2;. The Hall–Kier alpha value is -1.67. The molecule has 1 N–H and O–H groups in total. The maximum absolute atomic E-state index is 9.84. The molecule has 5 rings (SSSR count). The van der Waals surface area contributed by atoms with Gasteiger partial charge in [-0.05, 0) is 28.0 Å². The first-order chi connectivity index (χ1) is 17.9. The number of benzene rings is 3. The van der Waals surface area contributed by atoms with Gasteiger partial charge in [0.25, 0.3) is 0 Å². The SMILES string of the molecule is CC(C)(C)c1ccc(O)c(C(C)(C)C)c1.CC1=Cc2ccccc2[CH]1[Zr]([CH3])([CH3])(=[SiH2])[CH]1C(C)=Cc2ccccc21.Cl. The van der Waals surface area contributed by atoms with Gasteiger partial charge < -0.3 is 5.11 Å². The van der Waals surface area contributed by atoms with E-state index in [1.807, 2.05) is 6.07 Å². The Labute approximate surface area is 252 Å². The van der Waals surface area contributed by atoms with Crippen LogP contribution < -0.4 is 0 Å². The van der Waals surface area contributed by atoms with E-state index in [1.54, 1.807) is 28.3 Å². The van der Waals surface area contributed by atoms with Crippen molar-refractivity contribution in [3.05, 3.63) is 111 Å². The topological polar surface area (TPSA) is 20.2 Å². The Bertz CT molecular complexity index is 1470. The molecule has 0 aromatic heterocycles. The second-order valence-electron chi connectivity index (χ2n) is 15.1. The van der Waals surface area contributed by atoms with E-state index in [2.05, 4.69) is 138 Å². The molecule has 2 atom stereocenters. The largest absolute Gasteiger partial charge is 0.147 e. The number of fused-ring (bicyclic) bond motifs is 2. The second-order valence-corrected chi connectivity index (χ2v) is 45.5. The Morgan fingerprint density at radius 2 is 1.10 bits per heavy atom. The van der Waals surface area contributed by atoms with Crippen LogP contribution in [0.15, 0.2) is 77.9 Å². The third kappa shape index (κ3) is 6.23. The number of aromatic hydroxyl groups is 1. The summed E-state index contributed by atoms with van der Waals surface area (Å²) in [6, 6.07) is 24.1. The van der Waals surface area contributed by atoms with Crippen LogP contribution in [0.3, 0.4) is 0 Å². The molecule has 0 fully saturated rings. The van der Waals surface area contributed by atoms with Gasteiger partial charge in [-0.15, -0.1) is 12.4 Å². The molecule has 0 bridgehead atoms. The van der Waals surface area contributed by atoms with Gasteiger partial charge in [-0.1, -0.05) is 53.7 Å². The van der Waals surface area contributed by atoms with Gasteiger partial charge in [-0.2, -0.15) is 0 Å². The number of allylic oxidation sites excluding steroid dienone is 2. The normalized spacial score (nSPS) is 18.5. The van der Waals surface area contributed by atoms with Gasteiger partial charge in [0.2, 0.25) is 0 Å². The fourth-order valence-corrected chi connectivity index (χ4v) is 28.6. The number of rotatable bonds is 2. The number of halogens is 1. The van der Waals surface area contributed by atoms with Crippen molar-refractivity contribution in [1.82, 2.24) is 0 Å². The second kappa shape index (κ2) is 11.2. The molecule has 3 aromatic rings. The van der Waals surface area contributed by atoms with Crippen molar-refractivity contribution in [1.29, 1.82) is 0 Å². The van der Waals surface area contributed by atoms with Crippen molar-refractivity contribution in [3.8, 4) is 5.75 Å². The monoisotopic (exact) mass is 650 g/mol. The minimum atomic E-state index is -3.15. The summed E-state index contributed by atoms with van der Waals surface area (Å²) in [7, 11) is 0. The van der Waals surface area contributed by atoms with Gasteiger partial charge in [0, 0.05) is 0 Å². The maximum Gasteiger partial charge on any atom is -0.147 e. The summed E-state index contributed by atoms with van der Waals surface area (Å²) in [6.07, 6.45) is 4.88. The predicted octanol–water partition coefficient (Wildman–Crippen LogP) is 10.0. The van der Waals surface area contributed by atoms with Crippen molar-refractivity contribution >= 4 is 31.4 Å². The van der Waals surface area contributed by atoms with E-state index >= 15 is 0 Å². The Morgan fingerprint density at radius 3 is 1.50 bits per heavy atom. The van der Waals surface area contributed by atoms with Crippen molar-refractivity contribution < 1.29 is 22.5 Å². The summed E-state index contributed by atoms with van der Waals surface area (Å²) in [4.78, 5) is 0.